The van der Waals surface area contributed by atoms with Crippen molar-refractivity contribution in [3.63, 3.8) is 0 Å². The lowest BCUT2D eigenvalue weighted by Crippen LogP contribution is -2.19. The molecule has 0 spiro atoms. The van der Waals surface area contributed by atoms with Crippen LogP contribution in [0.3, 0.4) is 0 Å². The third kappa shape index (κ3) is 1.27. The molecule has 1 heteroatoms. The molecule has 0 aromatic heterocycles. The molecular formula is C11H13N. The lowest BCUT2D eigenvalue weighted by atomic mass is 9.92. The summed E-state index contributed by atoms with van der Waals surface area (Å²) in [6, 6.07) is 0.370. The first-order chi connectivity index (χ1) is 5.90. The highest BCUT2D eigenvalue weighted by Crippen LogP contribution is 2.21. The summed E-state index contributed by atoms with van der Waals surface area (Å²) in [6.45, 7) is 2.14. The van der Waals surface area contributed by atoms with Crippen molar-refractivity contribution in [2.75, 3.05) is 0 Å². The molecule has 2 aliphatic rings. The van der Waals surface area contributed by atoms with Crippen LogP contribution in [0.15, 0.2) is 41.4 Å². The first-order valence-electron chi connectivity index (χ1n) is 4.50. The van der Waals surface area contributed by atoms with Crippen LogP contribution >= 0.6 is 0 Å². The summed E-state index contributed by atoms with van der Waals surface area (Å²) in [5, 5.41) is 0. The highest BCUT2D eigenvalue weighted by molar-refractivity contribution is 5.95. The van der Waals surface area contributed by atoms with Crippen LogP contribution in [0.1, 0.15) is 13.3 Å². The average Bonchev–Trinajstić information content (AvgIpc) is 2.17. The Kier molecular flexibility index (Phi) is 1.94. The van der Waals surface area contributed by atoms with Gasteiger partial charge in [0.05, 0.1) is 6.04 Å². The first kappa shape index (κ1) is 7.53. The fraction of sp³-hybridized carbons (Fsp3) is 0.364. The number of allylic oxidation sites excluding steroid dienone is 3. The molecule has 0 aromatic carbocycles. The third-order valence-corrected chi connectivity index (χ3v) is 2.34. The topological polar surface area (TPSA) is 12.4 Å². The van der Waals surface area contributed by atoms with Gasteiger partial charge in [-0.15, -0.1) is 0 Å². The van der Waals surface area contributed by atoms with Gasteiger partial charge in [-0.05, 0) is 12.5 Å². The van der Waals surface area contributed by atoms with Gasteiger partial charge in [-0.25, -0.2) is 0 Å². The second-order valence-electron chi connectivity index (χ2n) is 3.17. The van der Waals surface area contributed by atoms with E-state index >= 15 is 0 Å². The van der Waals surface area contributed by atoms with Crippen molar-refractivity contribution >= 4 is 5.71 Å². The van der Waals surface area contributed by atoms with Crippen LogP contribution in [0.25, 0.3) is 0 Å². The zero-order chi connectivity index (χ0) is 8.39. The van der Waals surface area contributed by atoms with Crippen molar-refractivity contribution in [2.24, 2.45) is 10.9 Å². The molecule has 0 amide bonds. The highest BCUT2D eigenvalue weighted by Gasteiger charge is 2.17. The van der Waals surface area contributed by atoms with E-state index in [2.05, 4.69) is 48.4 Å². The van der Waals surface area contributed by atoms with Gasteiger partial charge in [-0.3, -0.25) is 4.99 Å². The van der Waals surface area contributed by atoms with E-state index in [0.29, 0.717) is 12.0 Å². The largest absolute Gasteiger partial charge is 0.281 e. The Bertz CT molecular complexity index is 281. The Labute approximate surface area is 73.2 Å². The van der Waals surface area contributed by atoms with Gasteiger partial charge in [-0.1, -0.05) is 37.3 Å². The van der Waals surface area contributed by atoms with Crippen molar-refractivity contribution < 1.29 is 0 Å². The minimum Gasteiger partial charge on any atom is -0.281 e. The van der Waals surface area contributed by atoms with Crippen LogP contribution < -0.4 is 0 Å². The smallest absolute Gasteiger partial charge is 0.0783 e. The van der Waals surface area contributed by atoms with Gasteiger partial charge in [0.1, 0.15) is 0 Å². The summed E-state index contributed by atoms with van der Waals surface area (Å²) in [7, 11) is 0. The fourth-order valence-electron chi connectivity index (χ4n) is 1.59. The number of fused-ring (bicyclic) bond motifs is 1. The summed E-state index contributed by atoms with van der Waals surface area (Å²) in [5.74, 6) is 0.505. The predicted molar refractivity (Wildman–Crippen MR) is 52.4 cm³/mol. The summed E-state index contributed by atoms with van der Waals surface area (Å²) < 4.78 is 0. The molecule has 0 N–H and O–H groups in total. The Hall–Kier alpha value is -1.11. The molecule has 0 radical (unpaired) electrons. The number of aliphatic imine (C=N–C) groups is 1. The van der Waals surface area contributed by atoms with Gasteiger partial charge < -0.3 is 0 Å². The third-order valence-electron chi connectivity index (χ3n) is 2.34. The molecule has 0 saturated heterocycles. The maximum absolute atomic E-state index is 4.61. The molecule has 1 heterocycles. The van der Waals surface area contributed by atoms with Gasteiger partial charge in [-0.2, -0.15) is 0 Å². The molecular weight excluding hydrogens is 146 g/mol. The Morgan fingerprint density at radius 2 is 2.08 bits per heavy atom. The van der Waals surface area contributed by atoms with Gasteiger partial charge in [0, 0.05) is 11.6 Å². The molecule has 0 bridgehead atoms. The summed E-state index contributed by atoms with van der Waals surface area (Å²) >= 11 is 0. The number of hydrogen-bond acceptors (Lipinski definition) is 1. The monoisotopic (exact) mass is 159 g/mol. The lowest BCUT2D eigenvalue weighted by molar-refractivity contribution is 0.677. The van der Waals surface area contributed by atoms with E-state index in [0.717, 1.165) is 6.42 Å². The van der Waals surface area contributed by atoms with E-state index in [1.165, 1.54) is 5.71 Å². The molecule has 1 aliphatic carbocycles. The van der Waals surface area contributed by atoms with Crippen LogP contribution in [0.2, 0.25) is 0 Å². The van der Waals surface area contributed by atoms with Gasteiger partial charge in [0.2, 0.25) is 0 Å². The van der Waals surface area contributed by atoms with E-state index in [4.69, 9.17) is 0 Å². The Morgan fingerprint density at radius 1 is 1.25 bits per heavy atom. The van der Waals surface area contributed by atoms with E-state index in [1.807, 2.05) is 0 Å². The number of hydrogen-bond donors (Lipinski definition) is 0. The van der Waals surface area contributed by atoms with Crippen LogP contribution in [-0.4, -0.2) is 11.8 Å². The highest BCUT2D eigenvalue weighted by atomic mass is 14.8. The van der Waals surface area contributed by atoms with Crippen LogP contribution in [0.4, 0.5) is 0 Å². The summed E-state index contributed by atoms with van der Waals surface area (Å²) in [5.41, 5.74) is 1.22. The van der Waals surface area contributed by atoms with E-state index < -0.39 is 0 Å². The number of rotatable bonds is 1. The zero-order valence-electron chi connectivity index (χ0n) is 7.27. The van der Waals surface area contributed by atoms with Crippen LogP contribution in [-0.2, 0) is 0 Å². The van der Waals surface area contributed by atoms with Crippen LogP contribution in [0, 0.1) is 5.92 Å². The van der Waals surface area contributed by atoms with E-state index in [-0.39, 0.29) is 0 Å². The minimum atomic E-state index is 0.370. The maximum Gasteiger partial charge on any atom is 0.0783 e. The quantitative estimate of drug-likeness (QED) is 0.557. The standard InChI is InChI=1S/C11H13N/c1-2-10-8-7-9-5-3-4-6-11(9)12-10/h3-9,11H,2H2,1H3. The Balaban J connectivity index is 2.22. The molecule has 12 heavy (non-hydrogen) atoms. The zero-order valence-corrected chi connectivity index (χ0v) is 7.27. The molecule has 2 unspecified atom stereocenters. The van der Waals surface area contributed by atoms with Crippen molar-refractivity contribution in [1.82, 2.24) is 0 Å². The predicted octanol–water partition coefficient (Wildman–Crippen LogP) is 2.52. The molecule has 0 aromatic rings. The molecule has 1 nitrogen and oxygen atoms in total. The fourth-order valence-corrected chi connectivity index (χ4v) is 1.59. The SMILES string of the molecule is CCC1=NC2C=CC=CC2C=C1. The molecule has 2 atom stereocenters. The molecule has 1 aliphatic heterocycles. The number of dihydropyridines is 1. The first-order valence-corrected chi connectivity index (χ1v) is 4.50. The van der Waals surface area contributed by atoms with Crippen LogP contribution in [0.5, 0.6) is 0 Å². The molecule has 2 rings (SSSR count). The van der Waals surface area contributed by atoms with Gasteiger partial charge >= 0.3 is 0 Å². The van der Waals surface area contributed by atoms with Crippen molar-refractivity contribution in [1.29, 1.82) is 0 Å². The molecule has 0 fully saturated rings. The van der Waals surface area contributed by atoms with Crippen molar-refractivity contribution in [3.05, 3.63) is 36.5 Å². The van der Waals surface area contributed by atoms with Crippen molar-refractivity contribution in [2.45, 2.75) is 19.4 Å². The Morgan fingerprint density at radius 3 is 2.92 bits per heavy atom. The second-order valence-corrected chi connectivity index (χ2v) is 3.17. The second kappa shape index (κ2) is 3.10. The molecule has 62 valence electrons. The number of nitrogens with zero attached hydrogens (tertiary/aromatic N) is 1. The lowest BCUT2D eigenvalue weighted by Gasteiger charge is -2.21. The van der Waals surface area contributed by atoms with E-state index in [1.54, 1.807) is 0 Å². The summed E-state index contributed by atoms with van der Waals surface area (Å²) in [4.78, 5) is 4.61. The van der Waals surface area contributed by atoms with Gasteiger partial charge in [0.15, 0.2) is 0 Å². The van der Waals surface area contributed by atoms with E-state index in [9.17, 15) is 0 Å². The molecule has 0 saturated carbocycles. The average molecular weight is 159 g/mol. The normalized spacial score (nSPS) is 31.6. The minimum absolute atomic E-state index is 0.370. The summed E-state index contributed by atoms with van der Waals surface area (Å²) in [6.07, 6.45) is 14.0. The maximum atomic E-state index is 4.61. The van der Waals surface area contributed by atoms with Gasteiger partial charge in [0.25, 0.3) is 0 Å². The van der Waals surface area contributed by atoms with Crippen molar-refractivity contribution in [3.8, 4) is 0 Å².